The quantitative estimate of drug-likeness (QED) is 0.844. The molecule has 2 atom stereocenters. The summed E-state index contributed by atoms with van der Waals surface area (Å²) in [6.07, 6.45) is 2.70. The van der Waals surface area contributed by atoms with Crippen LogP contribution in [0.4, 0.5) is 5.69 Å². The fourth-order valence-corrected chi connectivity index (χ4v) is 1.61. The van der Waals surface area contributed by atoms with Crippen LogP contribution in [-0.4, -0.2) is 18.6 Å². The first-order valence-electron chi connectivity index (χ1n) is 5.90. The molecule has 0 spiro atoms. The molecule has 0 amide bonds. The lowest BCUT2D eigenvalue weighted by atomic mass is 10.1. The van der Waals surface area contributed by atoms with Gasteiger partial charge in [-0.05, 0) is 25.5 Å². The molecule has 0 bridgehead atoms. The monoisotopic (exact) mass is 232 g/mol. The predicted octanol–water partition coefficient (Wildman–Crippen LogP) is 2.09. The van der Waals surface area contributed by atoms with Crippen LogP contribution in [0, 0.1) is 17.2 Å². The van der Waals surface area contributed by atoms with E-state index < -0.39 is 0 Å². The van der Waals surface area contributed by atoms with Gasteiger partial charge in [0.05, 0.1) is 29.6 Å². The Bertz CT molecular complexity index is 379. The van der Waals surface area contributed by atoms with Crippen molar-refractivity contribution in [2.75, 3.05) is 18.5 Å². The normalized spacial score (nSPS) is 13.8. The van der Waals surface area contributed by atoms with Crippen molar-refractivity contribution >= 4 is 5.69 Å². The predicted molar refractivity (Wildman–Crippen MR) is 69.5 cm³/mol. The lowest BCUT2D eigenvalue weighted by Gasteiger charge is -2.20. The zero-order valence-electron chi connectivity index (χ0n) is 10.7. The molecule has 1 rings (SSSR count). The average Bonchev–Trinajstić information content (AvgIpc) is 2.37. The Labute approximate surface area is 103 Å². The van der Waals surface area contributed by atoms with Crippen LogP contribution in [-0.2, 0) is 0 Å². The Morgan fingerprint density at radius 1 is 1.53 bits per heavy atom. The van der Waals surface area contributed by atoms with Crippen molar-refractivity contribution < 1.29 is 0 Å². The minimum absolute atomic E-state index is 0.00684. The first-order chi connectivity index (χ1) is 8.08. The van der Waals surface area contributed by atoms with Crippen LogP contribution in [0.1, 0.15) is 32.0 Å². The Morgan fingerprint density at radius 2 is 2.24 bits per heavy atom. The lowest BCUT2D eigenvalue weighted by molar-refractivity contribution is 0.673. The van der Waals surface area contributed by atoms with Crippen LogP contribution in [0.25, 0.3) is 0 Å². The van der Waals surface area contributed by atoms with E-state index in [1.54, 1.807) is 0 Å². The summed E-state index contributed by atoms with van der Waals surface area (Å²) in [5, 5.41) is 8.77. The highest BCUT2D eigenvalue weighted by atomic mass is 15.1. The van der Waals surface area contributed by atoms with Gasteiger partial charge >= 0.3 is 0 Å². The summed E-state index contributed by atoms with van der Waals surface area (Å²) in [6, 6.07) is 6.19. The van der Waals surface area contributed by atoms with Crippen LogP contribution in [0.15, 0.2) is 18.3 Å². The van der Waals surface area contributed by atoms with Gasteiger partial charge in [0.15, 0.2) is 0 Å². The molecule has 0 aliphatic heterocycles. The molecular weight excluding hydrogens is 212 g/mol. The SMILES string of the molecule is CCC(N)c1ccc(N(C)CC(C)C#N)cn1. The van der Waals surface area contributed by atoms with Crippen molar-refractivity contribution in [2.24, 2.45) is 11.7 Å². The highest BCUT2D eigenvalue weighted by molar-refractivity contribution is 5.44. The van der Waals surface area contributed by atoms with Gasteiger partial charge in [-0.2, -0.15) is 5.26 Å². The smallest absolute Gasteiger partial charge is 0.0671 e. The molecule has 0 aliphatic rings. The summed E-state index contributed by atoms with van der Waals surface area (Å²) in [5.74, 6) is 0.0116. The second-order valence-electron chi connectivity index (χ2n) is 4.37. The first-order valence-corrected chi connectivity index (χ1v) is 5.90. The fraction of sp³-hybridized carbons (Fsp3) is 0.538. The molecule has 4 heteroatoms. The van der Waals surface area contributed by atoms with Gasteiger partial charge in [0.1, 0.15) is 0 Å². The number of nitrogens with zero attached hydrogens (tertiary/aromatic N) is 3. The van der Waals surface area contributed by atoms with Crippen molar-refractivity contribution in [3.05, 3.63) is 24.0 Å². The van der Waals surface area contributed by atoms with Crippen LogP contribution in [0.2, 0.25) is 0 Å². The molecule has 1 aromatic heterocycles. The van der Waals surface area contributed by atoms with E-state index in [9.17, 15) is 0 Å². The number of rotatable bonds is 5. The molecule has 0 radical (unpaired) electrons. The maximum atomic E-state index is 8.77. The highest BCUT2D eigenvalue weighted by Crippen LogP contribution is 2.16. The van der Waals surface area contributed by atoms with Crippen molar-refractivity contribution in [3.8, 4) is 6.07 Å². The second kappa shape index (κ2) is 6.21. The third-order valence-corrected chi connectivity index (χ3v) is 2.80. The zero-order valence-corrected chi connectivity index (χ0v) is 10.7. The number of pyridine rings is 1. The van der Waals surface area contributed by atoms with Gasteiger partial charge in [-0.25, -0.2) is 0 Å². The van der Waals surface area contributed by atoms with E-state index in [1.807, 2.05) is 44.1 Å². The average molecular weight is 232 g/mol. The standard InChI is InChI=1S/C13H20N4/c1-4-12(15)13-6-5-11(8-16-13)17(3)9-10(2)7-14/h5-6,8,10,12H,4,9,15H2,1-3H3. The van der Waals surface area contributed by atoms with Crippen LogP contribution < -0.4 is 10.6 Å². The fourth-order valence-electron chi connectivity index (χ4n) is 1.61. The summed E-state index contributed by atoms with van der Waals surface area (Å²) in [5.41, 5.74) is 7.83. The van der Waals surface area contributed by atoms with Crippen LogP contribution >= 0.6 is 0 Å². The third kappa shape index (κ3) is 3.72. The Kier molecular flexibility index (Phi) is 4.92. The molecule has 92 valence electrons. The van der Waals surface area contributed by atoms with Crippen LogP contribution in [0.5, 0.6) is 0 Å². The number of anilines is 1. The summed E-state index contributed by atoms with van der Waals surface area (Å²) in [7, 11) is 1.96. The molecule has 17 heavy (non-hydrogen) atoms. The van der Waals surface area contributed by atoms with Crippen molar-refractivity contribution in [3.63, 3.8) is 0 Å². The number of hydrogen-bond donors (Lipinski definition) is 1. The van der Waals surface area contributed by atoms with Crippen molar-refractivity contribution in [1.82, 2.24) is 4.98 Å². The number of nitrogens with two attached hydrogens (primary N) is 1. The summed E-state index contributed by atoms with van der Waals surface area (Å²) >= 11 is 0. The van der Waals surface area contributed by atoms with Gasteiger partial charge in [0, 0.05) is 19.6 Å². The minimum atomic E-state index is 0.00684. The van der Waals surface area contributed by atoms with E-state index in [2.05, 4.69) is 11.1 Å². The molecule has 0 aromatic carbocycles. The number of hydrogen-bond acceptors (Lipinski definition) is 4. The molecule has 1 heterocycles. The summed E-state index contributed by atoms with van der Waals surface area (Å²) < 4.78 is 0. The molecule has 0 saturated heterocycles. The third-order valence-electron chi connectivity index (χ3n) is 2.80. The van der Waals surface area contributed by atoms with Gasteiger partial charge in [-0.15, -0.1) is 0 Å². The maximum Gasteiger partial charge on any atom is 0.0671 e. The van der Waals surface area contributed by atoms with E-state index in [1.165, 1.54) is 0 Å². The highest BCUT2D eigenvalue weighted by Gasteiger charge is 2.08. The second-order valence-corrected chi connectivity index (χ2v) is 4.37. The topological polar surface area (TPSA) is 65.9 Å². The van der Waals surface area contributed by atoms with Crippen molar-refractivity contribution in [1.29, 1.82) is 5.26 Å². The van der Waals surface area contributed by atoms with Crippen molar-refractivity contribution in [2.45, 2.75) is 26.3 Å². The lowest BCUT2D eigenvalue weighted by Crippen LogP contribution is -2.23. The largest absolute Gasteiger partial charge is 0.372 e. The van der Waals surface area contributed by atoms with Gasteiger partial charge in [0.25, 0.3) is 0 Å². The van der Waals surface area contributed by atoms with E-state index in [0.29, 0.717) is 6.54 Å². The molecule has 0 aliphatic carbocycles. The van der Waals surface area contributed by atoms with Gasteiger partial charge in [-0.1, -0.05) is 6.92 Å². The first kappa shape index (κ1) is 13.5. The molecule has 4 nitrogen and oxygen atoms in total. The Hall–Kier alpha value is -1.60. The zero-order chi connectivity index (χ0) is 12.8. The minimum Gasteiger partial charge on any atom is -0.372 e. The molecular formula is C13H20N4. The molecule has 1 aromatic rings. The van der Waals surface area contributed by atoms with Gasteiger partial charge < -0.3 is 10.6 Å². The molecule has 0 fully saturated rings. The van der Waals surface area contributed by atoms with E-state index in [4.69, 9.17) is 11.0 Å². The maximum absolute atomic E-state index is 8.77. The van der Waals surface area contributed by atoms with Crippen LogP contribution in [0.3, 0.4) is 0 Å². The molecule has 2 unspecified atom stereocenters. The van der Waals surface area contributed by atoms with E-state index in [-0.39, 0.29) is 12.0 Å². The summed E-state index contributed by atoms with van der Waals surface area (Å²) in [4.78, 5) is 6.38. The van der Waals surface area contributed by atoms with Gasteiger partial charge in [-0.3, -0.25) is 4.98 Å². The number of aromatic nitrogens is 1. The summed E-state index contributed by atoms with van der Waals surface area (Å²) in [6.45, 7) is 4.66. The molecule has 0 saturated carbocycles. The number of nitriles is 1. The molecule has 2 N–H and O–H groups in total. The Morgan fingerprint density at radius 3 is 2.71 bits per heavy atom. The van der Waals surface area contributed by atoms with E-state index >= 15 is 0 Å². The van der Waals surface area contributed by atoms with E-state index in [0.717, 1.165) is 17.8 Å². The Balaban J connectivity index is 2.71. The van der Waals surface area contributed by atoms with Gasteiger partial charge in [0.2, 0.25) is 0 Å².